The van der Waals surface area contributed by atoms with Crippen molar-refractivity contribution in [2.45, 2.75) is 20.0 Å². The summed E-state index contributed by atoms with van der Waals surface area (Å²) in [6.07, 6.45) is -0.543. The zero-order chi connectivity index (χ0) is 11.4. The highest BCUT2D eigenvalue weighted by molar-refractivity contribution is 5.80. The fourth-order valence-electron chi connectivity index (χ4n) is 1.27. The summed E-state index contributed by atoms with van der Waals surface area (Å²) in [5.74, 6) is 0.409. The van der Waals surface area contributed by atoms with E-state index in [1.165, 1.54) is 0 Å². The number of benzene rings is 1. The van der Waals surface area contributed by atoms with Crippen molar-refractivity contribution in [2.24, 2.45) is 0 Å². The van der Waals surface area contributed by atoms with Crippen LogP contribution in [-0.4, -0.2) is 19.1 Å². The first kappa shape index (κ1) is 11.4. The number of nitrogens with one attached hydrogen (secondary N) is 1. The van der Waals surface area contributed by atoms with Gasteiger partial charge in [0, 0.05) is 7.05 Å². The number of hydrogen-bond donors (Lipinski definition) is 2. The van der Waals surface area contributed by atoms with Gasteiger partial charge >= 0.3 is 0 Å². The fourth-order valence-corrected chi connectivity index (χ4v) is 1.27. The standard InChI is InChI=1S/C11H16N2O2/c1-7-5-4-6-9(12)10(7)15-8(2)11(14)13-3/h4-6,8H,12H2,1-3H3,(H,13,14). The van der Waals surface area contributed by atoms with Crippen LogP contribution in [0.3, 0.4) is 0 Å². The predicted molar refractivity (Wildman–Crippen MR) is 59.7 cm³/mol. The maximum absolute atomic E-state index is 11.3. The van der Waals surface area contributed by atoms with Crippen molar-refractivity contribution >= 4 is 11.6 Å². The van der Waals surface area contributed by atoms with Crippen LogP contribution in [0.25, 0.3) is 0 Å². The smallest absolute Gasteiger partial charge is 0.260 e. The lowest BCUT2D eigenvalue weighted by molar-refractivity contribution is -0.126. The first-order chi connectivity index (χ1) is 7.06. The molecule has 0 radical (unpaired) electrons. The summed E-state index contributed by atoms with van der Waals surface area (Å²) in [6, 6.07) is 5.49. The number of amides is 1. The minimum Gasteiger partial charge on any atom is -0.478 e. The van der Waals surface area contributed by atoms with Gasteiger partial charge in [-0.25, -0.2) is 0 Å². The number of rotatable bonds is 3. The first-order valence-corrected chi connectivity index (χ1v) is 4.79. The Morgan fingerprint density at radius 3 is 2.73 bits per heavy atom. The second-order valence-electron chi connectivity index (χ2n) is 3.37. The van der Waals surface area contributed by atoms with Gasteiger partial charge in [-0.1, -0.05) is 12.1 Å². The molecule has 1 amide bonds. The summed E-state index contributed by atoms with van der Waals surface area (Å²) < 4.78 is 5.49. The predicted octanol–water partition coefficient (Wildman–Crippen LogP) is 1.09. The molecule has 4 heteroatoms. The fraction of sp³-hybridized carbons (Fsp3) is 0.364. The quantitative estimate of drug-likeness (QED) is 0.731. The van der Waals surface area contributed by atoms with Gasteiger partial charge in [0.1, 0.15) is 5.75 Å². The van der Waals surface area contributed by atoms with Crippen molar-refractivity contribution in [1.82, 2.24) is 5.32 Å². The van der Waals surface area contributed by atoms with E-state index in [0.29, 0.717) is 11.4 Å². The number of para-hydroxylation sites is 1. The topological polar surface area (TPSA) is 64.3 Å². The van der Waals surface area contributed by atoms with E-state index in [1.807, 2.05) is 19.1 Å². The van der Waals surface area contributed by atoms with Crippen molar-refractivity contribution in [1.29, 1.82) is 0 Å². The molecule has 4 nitrogen and oxygen atoms in total. The Bertz CT molecular complexity index is 343. The van der Waals surface area contributed by atoms with Gasteiger partial charge in [0.25, 0.3) is 5.91 Å². The molecule has 82 valence electrons. The molecule has 3 N–H and O–H groups in total. The minimum atomic E-state index is -0.543. The summed E-state index contributed by atoms with van der Waals surface area (Å²) in [6.45, 7) is 3.58. The van der Waals surface area contributed by atoms with Crippen LogP contribution in [0, 0.1) is 6.92 Å². The lowest BCUT2D eigenvalue weighted by atomic mass is 10.2. The van der Waals surface area contributed by atoms with E-state index in [4.69, 9.17) is 10.5 Å². The molecule has 0 aromatic heterocycles. The van der Waals surface area contributed by atoms with Crippen molar-refractivity contribution < 1.29 is 9.53 Å². The highest BCUT2D eigenvalue weighted by atomic mass is 16.5. The number of likely N-dealkylation sites (N-methyl/N-ethyl adjacent to an activating group) is 1. The van der Waals surface area contributed by atoms with Gasteiger partial charge in [0.15, 0.2) is 6.10 Å². The number of carbonyl (C=O) groups excluding carboxylic acids is 1. The highest BCUT2D eigenvalue weighted by Gasteiger charge is 2.15. The van der Waals surface area contributed by atoms with E-state index in [-0.39, 0.29) is 5.91 Å². The number of nitrogens with two attached hydrogens (primary N) is 1. The Hall–Kier alpha value is -1.71. The summed E-state index contributed by atoms with van der Waals surface area (Å²) in [5.41, 5.74) is 7.22. The molecule has 0 bridgehead atoms. The molecule has 15 heavy (non-hydrogen) atoms. The lowest BCUT2D eigenvalue weighted by Gasteiger charge is -2.16. The van der Waals surface area contributed by atoms with Crippen molar-refractivity contribution in [3.8, 4) is 5.75 Å². The summed E-state index contributed by atoms with van der Waals surface area (Å²) >= 11 is 0. The van der Waals surface area contributed by atoms with Gasteiger partial charge in [0.2, 0.25) is 0 Å². The van der Waals surface area contributed by atoms with Crippen molar-refractivity contribution in [3.05, 3.63) is 23.8 Å². The average Bonchev–Trinajstić information content (AvgIpc) is 2.22. The molecule has 0 saturated carbocycles. The van der Waals surface area contributed by atoms with Gasteiger partial charge in [-0.3, -0.25) is 4.79 Å². The Morgan fingerprint density at radius 1 is 1.53 bits per heavy atom. The average molecular weight is 208 g/mol. The summed E-state index contributed by atoms with van der Waals surface area (Å²) in [5, 5.41) is 2.52. The summed E-state index contributed by atoms with van der Waals surface area (Å²) in [7, 11) is 1.57. The van der Waals surface area contributed by atoms with E-state index in [0.717, 1.165) is 5.56 Å². The van der Waals surface area contributed by atoms with Crippen molar-refractivity contribution in [2.75, 3.05) is 12.8 Å². The van der Waals surface area contributed by atoms with Crippen LogP contribution < -0.4 is 15.8 Å². The molecule has 0 aliphatic carbocycles. The number of aryl methyl sites for hydroxylation is 1. The molecule has 0 heterocycles. The van der Waals surface area contributed by atoms with E-state index >= 15 is 0 Å². The monoisotopic (exact) mass is 208 g/mol. The van der Waals surface area contributed by atoms with Crippen LogP contribution in [0.15, 0.2) is 18.2 Å². The molecular formula is C11H16N2O2. The van der Waals surface area contributed by atoms with Crippen molar-refractivity contribution in [3.63, 3.8) is 0 Å². The minimum absolute atomic E-state index is 0.169. The SMILES string of the molecule is CNC(=O)C(C)Oc1c(C)cccc1N. The van der Waals surface area contributed by atoms with Crippen LogP contribution in [-0.2, 0) is 4.79 Å². The van der Waals surface area contributed by atoms with Crippen LogP contribution in [0.1, 0.15) is 12.5 Å². The molecule has 0 saturated heterocycles. The first-order valence-electron chi connectivity index (χ1n) is 4.79. The molecule has 0 aliphatic heterocycles. The zero-order valence-electron chi connectivity index (χ0n) is 9.20. The van der Waals surface area contributed by atoms with E-state index in [9.17, 15) is 4.79 Å². The summed E-state index contributed by atoms with van der Waals surface area (Å²) in [4.78, 5) is 11.3. The van der Waals surface area contributed by atoms with Crippen LogP contribution in [0.4, 0.5) is 5.69 Å². The normalized spacial score (nSPS) is 11.9. The van der Waals surface area contributed by atoms with Gasteiger partial charge in [-0.2, -0.15) is 0 Å². The van der Waals surface area contributed by atoms with Gasteiger partial charge < -0.3 is 15.8 Å². The van der Waals surface area contributed by atoms with Crippen LogP contribution in [0.2, 0.25) is 0 Å². The van der Waals surface area contributed by atoms with Crippen LogP contribution in [0.5, 0.6) is 5.75 Å². The Morgan fingerprint density at radius 2 is 2.20 bits per heavy atom. The molecule has 0 spiro atoms. The molecule has 1 aromatic carbocycles. The van der Waals surface area contributed by atoms with Gasteiger partial charge in [0.05, 0.1) is 5.69 Å². The molecular weight excluding hydrogens is 192 g/mol. The number of carbonyl (C=O) groups is 1. The second-order valence-corrected chi connectivity index (χ2v) is 3.37. The largest absolute Gasteiger partial charge is 0.478 e. The molecule has 1 unspecified atom stereocenters. The molecule has 0 aliphatic rings. The Balaban J connectivity index is 2.85. The number of anilines is 1. The van der Waals surface area contributed by atoms with E-state index in [1.54, 1.807) is 20.0 Å². The Kier molecular flexibility index (Phi) is 3.55. The third kappa shape index (κ3) is 2.62. The van der Waals surface area contributed by atoms with Gasteiger partial charge in [-0.15, -0.1) is 0 Å². The van der Waals surface area contributed by atoms with Gasteiger partial charge in [-0.05, 0) is 25.5 Å². The second kappa shape index (κ2) is 4.68. The number of hydrogen-bond acceptors (Lipinski definition) is 3. The number of nitrogen functional groups attached to an aromatic ring is 1. The van der Waals surface area contributed by atoms with Crippen LogP contribution >= 0.6 is 0 Å². The number of ether oxygens (including phenoxy) is 1. The third-order valence-corrected chi connectivity index (χ3v) is 2.15. The Labute approximate surface area is 89.4 Å². The third-order valence-electron chi connectivity index (χ3n) is 2.15. The maximum Gasteiger partial charge on any atom is 0.260 e. The molecule has 1 rings (SSSR count). The molecule has 1 aromatic rings. The zero-order valence-corrected chi connectivity index (χ0v) is 9.20. The molecule has 1 atom stereocenters. The highest BCUT2D eigenvalue weighted by Crippen LogP contribution is 2.26. The molecule has 0 fully saturated rings. The van der Waals surface area contributed by atoms with E-state index < -0.39 is 6.10 Å². The lowest BCUT2D eigenvalue weighted by Crippen LogP contribution is -2.34. The van der Waals surface area contributed by atoms with E-state index in [2.05, 4.69) is 5.32 Å². The maximum atomic E-state index is 11.3.